The van der Waals surface area contributed by atoms with Crippen LogP contribution < -0.4 is 5.32 Å². The Balaban J connectivity index is 2.12. The summed E-state index contributed by atoms with van der Waals surface area (Å²) in [6, 6.07) is 5.11. The molecule has 0 aliphatic heterocycles. The molecule has 1 aliphatic carbocycles. The van der Waals surface area contributed by atoms with E-state index in [0.717, 1.165) is 28.8 Å². The molecule has 3 nitrogen and oxygen atoms in total. The van der Waals surface area contributed by atoms with Crippen molar-refractivity contribution in [2.45, 2.75) is 25.7 Å². The first-order valence-corrected chi connectivity index (χ1v) is 7.41. The van der Waals surface area contributed by atoms with Crippen LogP contribution in [0.5, 0.6) is 0 Å². The number of rotatable bonds is 3. The minimum absolute atomic E-state index is 0.229. The SMILES string of the molecule is CNc1nc(-c2ccc(C)c(F)c2)nc(C2CC2)c1Br. The highest BCUT2D eigenvalue weighted by molar-refractivity contribution is 9.10. The Morgan fingerprint density at radius 2 is 2.05 bits per heavy atom. The van der Waals surface area contributed by atoms with Crippen LogP contribution in [0.15, 0.2) is 22.7 Å². The van der Waals surface area contributed by atoms with Gasteiger partial charge in [-0.05, 0) is 47.3 Å². The summed E-state index contributed by atoms with van der Waals surface area (Å²) >= 11 is 3.55. The van der Waals surface area contributed by atoms with E-state index in [1.165, 1.54) is 6.07 Å². The predicted molar refractivity (Wildman–Crippen MR) is 81.4 cm³/mol. The summed E-state index contributed by atoms with van der Waals surface area (Å²) in [5.41, 5.74) is 2.35. The molecule has 0 saturated heterocycles. The first kappa shape index (κ1) is 13.5. The number of aryl methyl sites for hydroxylation is 1. The lowest BCUT2D eigenvalue weighted by molar-refractivity contribution is 0.619. The molecule has 0 amide bonds. The highest BCUT2D eigenvalue weighted by Crippen LogP contribution is 2.44. The maximum atomic E-state index is 13.7. The number of aromatic nitrogens is 2. The van der Waals surface area contributed by atoms with Crippen LogP contribution in [0.3, 0.4) is 0 Å². The first-order valence-electron chi connectivity index (χ1n) is 6.62. The third-order valence-electron chi connectivity index (χ3n) is 3.51. The van der Waals surface area contributed by atoms with E-state index in [-0.39, 0.29) is 5.82 Å². The Hall–Kier alpha value is -1.49. The van der Waals surface area contributed by atoms with Crippen molar-refractivity contribution in [2.24, 2.45) is 0 Å². The standard InChI is InChI=1S/C15H15BrFN3/c1-8-3-4-10(7-11(8)17)14-19-13(9-5-6-9)12(16)15(18-2)20-14/h3-4,7,9H,5-6H2,1-2H3,(H,18,19,20). The molecule has 104 valence electrons. The van der Waals surface area contributed by atoms with Crippen LogP contribution in [0.25, 0.3) is 11.4 Å². The van der Waals surface area contributed by atoms with Gasteiger partial charge in [-0.3, -0.25) is 0 Å². The Morgan fingerprint density at radius 1 is 1.30 bits per heavy atom. The molecule has 1 fully saturated rings. The highest BCUT2D eigenvalue weighted by Gasteiger charge is 2.29. The summed E-state index contributed by atoms with van der Waals surface area (Å²) in [7, 11) is 1.82. The molecule has 3 rings (SSSR count). The monoisotopic (exact) mass is 335 g/mol. The Labute approximate surface area is 125 Å². The third kappa shape index (κ3) is 2.42. The second-order valence-electron chi connectivity index (χ2n) is 5.08. The molecule has 1 N–H and O–H groups in total. The number of hydrogen-bond acceptors (Lipinski definition) is 3. The lowest BCUT2D eigenvalue weighted by Crippen LogP contribution is -2.03. The zero-order valence-electron chi connectivity index (χ0n) is 11.4. The Bertz CT molecular complexity index is 668. The van der Waals surface area contributed by atoms with E-state index in [4.69, 9.17) is 0 Å². The van der Waals surface area contributed by atoms with Crippen LogP contribution in [0.4, 0.5) is 10.2 Å². The van der Waals surface area contributed by atoms with Crippen LogP contribution in [0.2, 0.25) is 0 Å². The van der Waals surface area contributed by atoms with E-state index in [1.807, 2.05) is 13.1 Å². The Morgan fingerprint density at radius 3 is 2.65 bits per heavy atom. The molecule has 1 saturated carbocycles. The van der Waals surface area contributed by atoms with Crippen molar-refractivity contribution < 1.29 is 4.39 Å². The van der Waals surface area contributed by atoms with Crippen LogP contribution in [0, 0.1) is 12.7 Å². The zero-order valence-corrected chi connectivity index (χ0v) is 13.0. The number of benzene rings is 1. The van der Waals surface area contributed by atoms with Gasteiger partial charge in [-0.15, -0.1) is 0 Å². The fourth-order valence-electron chi connectivity index (χ4n) is 2.12. The summed E-state index contributed by atoms with van der Waals surface area (Å²) < 4.78 is 14.6. The van der Waals surface area contributed by atoms with E-state index in [9.17, 15) is 4.39 Å². The minimum atomic E-state index is -0.229. The quantitative estimate of drug-likeness (QED) is 0.909. The van der Waals surface area contributed by atoms with Gasteiger partial charge in [-0.25, -0.2) is 14.4 Å². The highest BCUT2D eigenvalue weighted by atomic mass is 79.9. The van der Waals surface area contributed by atoms with Gasteiger partial charge < -0.3 is 5.32 Å². The fourth-order valence-corrected chi connectivity index (χ4v) is 2.82. The van der Waals surface area contributed by atoms with Gasteiger partial charge in [-0.1, -0.05) is 12.1 Å². The molecule has 5 heteroatoms. The molecular formula is C15H15BrFN3. The van der Waals surface area contributed by atoms with Crippen LogP contribution in [-0.2, 0) is 0 Å². The predicted octanol–water partition coefficient (Wildman–Crippen LogP) is 4.27. The molecule has 0 atom stereocenters. The van der Waals surface area contributed by atoms with Crippen molar-refractivity contribution in [1.29, 1.82) is 0 Å². The number of nitrogens with zero attached hydrogens (tertiary/aromatic N) is 2. The molecular weight excluding hydrogens is 321 g/mol. The van der Waals surface area contributed by atoms with E-state index in [2.05, 4.69) is 31.2 Å². The van der Waals surface area contributed by atoms with Crippen molar-refractivity contribution in [3.05, 3.63) is 39.7 Å². The first-order chi connectivity index (χ1) is 9.60. The van der Waals surface area contributed by atoms with Crippen LogP contribution in [0.1, 0.15) is 30.0 Å². The smallest absolute Gasteiger partial charge is 0.161 e. The normalized spacial score (nSPS) is 14.4. The average Bonchev–Trinajstić information content (AvgIpc) is 3.27. The largest absolute Gasteiger partial charge is 0.372 e. The molecule has 0 spiro atoms. The number of anilines is 1. The second kappa shape index (κ2) is 5.13. The van der Waals surface area contributed by atoms with Crippen LogP contribution >= 0.6 is 15.9 Å². The molecule has 1 heterocycles. The van der Waals surface area contributed by atoms with Gasteiger partial charge in [0.1, 0.15) is 11.6 Å². The maximum absolute atomic E-state index is 13.7. The maximum Gasteiger partial charge on any atom is 0.161 e. The number of nitrogens with one attached hydrogen (secondary N) is 1. The van der Waals surface area contributed by atoms with Gasteiger partial charge in [0, 0.05) is 18.5 Å². The van der Waals surface area contributed by atoms with Gasteiger partial charge >= 0.3 is 0 Å². The third-order valence-corrected chi connectivity index (χ3v) is 4.29. The van der Waals surface area contributed by atoms with Gasteiger partial charge in [0.05, 0.1) is 10.2 Å². The van der Waals surface area contributed by atoms with Gasteiger partial charge in [0.15, 0.2) is 5.82 Å². The topological polar surface area (TPSA) is 37.8 Å². The summed E-state index contributed by atoms with van der Waals surface area (Å²) in [6.45, 7) is 1.75. The second-order valence-corrected chi connectivity index (χ2v) is 5.88. The van der Waals surface area contributed by atoms with Gasteiger partial charge in [0.25, 0.3) is 0 Å². The fraction of sp³-hybridized carbons (Fsp3) is 0.333. The van der Waals surface area contributed by atoms with E-state index < -0.39 is 0 Å². The molecule has 1 aromatic carbocycles. The van der Waals surface area contributed by atoms with Crippen molar-refractivity contribution in [3.8, 4) is 11.4 Å². The summed E-state index contributed by atoms with van der Waals surface area (Å²) in [5.74, 6) is 1.58. The lowest BCUT2D eigenvalue weighted by Gasteiger charge is -2.11. The average molecular weight is 336 g/mol. The summed E-state index contributed by atoms with van der Waals surface area (Å²) in [6.07, 6.45) is 2.31. The molecule has 1 aliphatic rings. The molecule has 0 unspecified atom stereocenters. The molecule has 0 radical (unpaired) electrons. The lowest BCUT2D eigenvalue weighted by atomic mass is 10.1. The zero-order chi connectivity index (χ0) is 14.3. The minimum Gasteiger partial charge on any atom is -0.372 e. The molecule has 20 heavy (non-hydrogen) atoms. The molecule has 2 aromatic rings. The van der Waals surface area contributed by atoms with E-state index in [1.54, 1.807) is 13.0 Å². The van der Waals surface area contributed by atoms with Crippen molar-refractivity contribution in [2.75, 3.05) is 12.4 Å². The Kier molecular flexibility index (Phi) is 3.46. The van der Waals surface area contributed by atoms with Gasteiger partial charge in [-0.2, -0.15) is 0 Å². The van der Waals surface area contributed by atoms with Crippen LogP contribution in [-0.4, -0.2) is 17.0 Å². The summed E-state index contributed by atoms with van der Waals surface area (Å²) in [4.78, 5) is 9.09. The van der Waals surface area contributed by atoms with E-state index >= 15 is 0 Å². The van der Waals surface area contributed by atoms with Crippen molar-refractivity contribution in [1.82, 2.24) is 9.97 Å². The van der Waals surface area contributed by atoms with E-state index in [0.29, 0.717) is 22.9 Å². The number of hydrogen-bond donors (Lipinski definition) is 1. The number of halogens is 2. The summed E-state index contributed by atoms with van der Waals surface area (Å²) in [5, 5.41) is 3.06. The molecule has 1 aromatic heterocycles. The molecule has 0 bridgehead atoms. The van der Waals surface area contributed by atoms with Crippen molar-refractivity contribution >= 4 is 21.7 Å². The van der Waals surface area contributed by atoms with Gasteiger partial charge in [0.2, 0.25) is 0 Å². The van der Waals surface area contributed by atoms with Crippen molar-refractivity contribution in [3.63, 3.8) is 0 Å².